The third-order valence-electron chi connectivity index (χ3n) is 6.21. The Morgan fingerprint density at radius 1 is 0.821 bits per heavy atom. The molecule has 0 bridgehead atoms. The molecule has 0 radical (unpaired) electrons. The van der Waals surface area contributed by atoms with Gasteiger partial charge in [0.1, 0.15) is 12.4 Å². The van der Waals surface area contributed by atoms with Gasteiger partial charge in [-0.25, -0.2) is 4.79 Å². The van der Waals surface area contributed by atoms with Crippen molar-refractivity contribution in [2.75, 3.05) is 12.4 Å². The molecule has 0 heterocycles. The quantitative estimate of drug-likeness (QED) is 0.145. The first-order valence-corrected chi connectivity index (χ1v) is 12.6. The highest BCUT2D eigenvalue weighted by Gasteiger charge is 2.10. The Morgan fingerprint density at radius 3 is 2.31 bits per heavy atom. The molecule has 39 heavy (non-hydrogen) atoms. The molecule has 1 amide bonds. The molecule has 4 aromatic carbocycles. The van der Waals surface area contributed by atoms with Gasteiger partial charge in [0, 0.05) is 17.3 Å². The van der Waals surface area contributed by atoms with Crippen LogP contribution in [-0.4, -0.2) is 19.0 Å². The van der Waals surface area contributed by atoms with Crippen molar-refractivity contribution in [1.29, 1.82) is 0 Å². The third kappa shape index (κ3) is 7.36. The van der Waals surface area contributed by atoms with E-state index in [1.54, 1.807) is 43.5 Å². The van der Waals surface area contributed by atoms with Gasteiger partial charge in [-0.15, -0.1) is 0 Å². The van der Waals surface area contributed by atoms with Crippen LogP contribution in [0.2, 0.25) is 0 Å². The van der Waals surface area contributed by atoms with E-state index in [1.807, 2.05) is 75.4 Å². The second-order valence-corrected chi connectivity index (χ2v) is 9.18. The number of hydrogen-bond acceptors (Lipinski definition) is 5. The zero-order valence-corrected chi connectivity index (χ0v) is 22.5. The average Bonchev–Trinajstić information content (AvgIpc) is 2.93. The van der Waals surface area contributed by atoms with Crippen molar-refractivity contribution in [1.82, 2.24) is 0 Å². The lowest BCUT2D eigenvalue weighted by atomic mass is 10.1. The lowest BCUT2D eigenvalue weighted by molar-refractivity contribution is -0.128. The lowest BCUT2D eigenvalue weighted by Crippen LogP contribution is -2.13. The lowest BCUT2D eigenvalue weighted by Gasteiger charge is -2.12. The number of benzene rings is 4. The smallest absolute Gasteiger partial charge is 0.336 e. The average molecular weight is 522 g/mol. The molecule has 6 nitrogen and oxygen atoms in total. The minimum absolute atomic E-state index is 0.236. The van der Waals surface area contributed by atoms with Crippen molar-refractivity contribution in [2.24, 2.45) is 0 Å². The van der Waals surface area contributed by atoms with Crippen molar-refractivity contribution in [3.05, 3.63) is 124 Å². The number of carbonyl (C=O) groups is 2. The predicted octanol–water partition coefficient (Wildman–Crippen LogP) is 7.07. The number of rotatable bonds is 9. The Balaban J connectivity index is 1.33. The fraction of sp³-hybridized carbons (Fsp3) is 0.152. The summed E-state index contributed by atoms with van der Waals surface area (Å²) in [5.74, 6) is 0.738. The van der Waals surface area contributed by atoms with Crippen LogP contribution < -0.4 is 19.5 Å². The highest BCUT2D eigenvalue weighted by molar-refractivity contribution is 6.04. The third-order valence-corrected chi connectivity index (χ3v) is 6.21. The highest BCUT2D eigenvalue weighted by atomic mass is 16.5. The first kappa shape index (κ1) is 27.2. The van der Waals surface area contributed by atoms with Crippen LogP contribution in [0.15, 0.2) is 91.0 Å². The van der Waals surface area contributed by atoms with E-state index in [9.17, 15) is 9.59 Å². The maximum atomic E-state index is 12.6. The summed E-state index contributed by atoms with van der Waals surface area (Å²) >= 11 is 0. The van der Waals surface area contributed by atoms with Gasteiger partial charge in [0.2, 0.25) is 0 Å². The van der Waals surface area contributed by atoms with E-state index >= 15 is 0 Å². The van der Waals surface area contributed by atoms with Gasteiger partial charge in [-0.1, -0.05) is 48.0 Å². The van der Waals surface area contributed by atoms with Crippen LogP contribution in [0.25, 0.3) is 6.08 Å². The molecule has 0 aliphatic carbocycles. The topological polar surface area (TPSA) is 73.9 Å². The first-order chi connectivity index (χ1) is 18.8. The van der Waals surface area contributed by atoms with Crippen LogP contribution in [0, 0.1) is 20.8 Å². The van der Waals surface area contributed by atoms with Gasteiger partial charge in [-0.2, -0.15) is 0 Å². The fourth-order valence-electron chi connectivity index (χ4n) is 3.97. The Morgan fingerprint density at radius 2 is 1.59 bits per heavy atom. The van der Waals surface area contributed by atoms with E-state index < -0.39 is 5.97 Å². The normalized spacial score (nSPS) is 10.8. The molecule has 0 fully saturated rings. The molecule has 6 heteroatoms. The van der Waals surface area contributed by atoms with Gasteiger partial charge in [0.15, 0.2) is 11.5 Å². The number of nitrogens with one attached hydrogen (secondary N) is 1. The van der Waals surface area contributed by atoms with Crippen LogP contribution in [0.1, 0.15) is 38.2 Å². The van der Waals surface area contributed by atoms with Gasteiger partial charge in [0.05, 0.1) is 7.11 Å². The van der Waals surface area contributed by atoms with E-state index in [0.717, 1.165) is 33.5 Å². The van der Waals surface area contributed by atoms with Crippen molar-refractivity contribution in [3.63, 3.8) is 0 Å². The van der Waals surface area contributed by atoms with Crippen molar-refractivity contribution in [2.45, 2.75) is 27.4 Å². The Bertz CT molecular complexity index is 1510. The van der Waals surface area contributed by atoms with Crippen molar-refractivity contribution < 1.29 is 23.8 Å². The molecule has 1 N–H and O–H groups in total. The largest absolute Gasteiger partial charge is 0.493 e. The van der Waals surface area contributed by atoms with E-state index in [4.69, 9.17) is 14.2 Å². The maximum absolute atomic E-state index is 12.6. The molecule has 0 aromatic heterocycles. The van der Waals surface area contributed by atoms with Crippen LogP contribution >= 0.6 is 0 Å². The molecule has 4 aromatic rings. The van der Waals surface area contributed by atoms with Crippen LogP contribution in [0.4, 0.5) is 5.69 Å². The number of esters is 1. The molecule has 0 unspecified atom stereocenters. The molecule has 4 rings (SSSR count). The standard InChI is InChI=1S/C33H31NO5/c1-22-9-16-29(24(3)19-22)34-33(36)26-12-14-28(15-13-26)39-32(35)18-11-25-10-17-30(31(20-25)37-4)38-21-27-8-6-5-7-23(27)2/h5-20H,21H2,1-4H3,(H,34,36)/b18-11+. The second kappa shape index (κ2) is 12.6. The van der Waals surface area contributed by atoms with Gasteiger partial charge in [-0.05, 0) is 91.6 Å². The number of carbonyl (C=O) groups excluding carboxylic acids is 2. The minimum atomic E-state index is -0.540. The molecule has 0 atom stereocenters. The maximum Gasteiger partial charge on any atom is 0.336 e. The van der Waals surface area contributed by atoms with Crippen LogP contribution in [-0.2, 0) is 11.4 Å². The van der Waals surface area contributed by atoms with E-state index in [2.05, 4.69) is 5.32 Å². The van der Waals surface area contributed by atoms with Crippen LogP contribution in [0.5, 0.6) is 17.2 Å². The summed E-state index contributed by atoms with van der Waals surface area (Å²) in [6.45, 7) is 6.42. The molecule has 0 saturated heterocycles. The zero-order valence-electron chi connectivity index (χ0n) is 22.5. The second-order valence-electron chi connectivity index (χ2n) is 9.18. The number of methoxy groups -OCH3 is 1. The number of ether oxygens (including phenoxy) is 3. The van der Waals surface area contributed by atoms with E-state index in [-0.39, 0.29) is 5.91 Å². The number of amides is 1. The Kier molecular flexibility index (Phi) is 8.79. The summed E-state index contributed by atoms with van der Waals surface area (Å²) in [4.78, 5) is 25.0. The summed E-state index contributed by atoms with van der Waals surface area (Å²) in [5.41, 5.74) is 6.35. The molecular weight excluding hydrogens is 490 g/mol. The Hall–Kier alpha value is -4.84. The highest BCUT2D eigenvalue weighted by Crippen LogP contribution is 2.29. The first-order valence-electron chi connectivity index (χ1n) is 12.6. The van der Waals surface area contributed by atoms with Gasteiger partial charge in [-0.3, -0.25) is 4.79 Å². The molecular formula is C33H31NO5. The zero-order chi connectivity index (χ0) is 27.8. The van der Waals surface area contributed by atoms with Crippen LogP contribution in [0.3, 0.4) is 0 Å². The fourth-order valence-corrected chi connectivity index (χ4v) is 3.97. The Labute approximate surface area is 228 Å². The van der Waals surface area contributed by atoms with Gasteiger partial charge < -0.3 is 19.5 Å². The number of anilines is 1. The number of aryl methyl sites for hydroxylation is 3. The summed E-state index contributed by atoms with van der Waals surface area (Å²) in [6, 6.07) is 25.7. The summed E-state index contributed by atoms with van der Waals surface area (Å²) in [6.07, 6.45) is 2.98. The van der Waals surface area contributed by atoms with Gasteiger partial charge >= 0.3 is 5.97 Å². The monoisotopic (exact) mass is 521 g/mol. The predicted molar refractivity (Wildman–Crippen MR) is 153 cm³/mol. The van der Waals surface area contributed by atoms with Crippen molar-refractivity contribution >= 4 is 23.6 Å². The number of hydrogen-bond donors (Lipinski definition) is 1. The molecule has 0 saturated carbocycles. The van der Waals surface area contributed by atoms with E-state index in [0.29, 0.717) is 29.4 Å². The summed E-state index contributed by atoms with van der Waals surface area (Å²) in [7, 11) is 1.57. The van der Waals surface area contributed by atoms with Crippen molar-refractivity contribution in [3.8, 4) is 17.2 Å². The summed E-state index contributed by atoms with van der Waals surface area (Å²) in [5, 5.41) is 2.91. The summed E-state index contributed by atoms with van der Waals surface area (Å²) < 4.78 is 16.8. The molecule has 0 spiro atoms. The minimum Gasteiger partial charge on any atom is -0.493 e. The molecule has 0 aliphatic heterocycles. The van der Waals surface area contributed by atoms with E-state index in [1.165, 1.54) is 6.08 Å². The van der Waals surface area contributed by atoms with Gasteiger partial charge in [0.25, 0.3) is 5.91 Å². The molecule has 0 aliphatic rings. The molecule has 198 valence electrons. The SMILES string of the molecule is COc1cc(/C=C/C(=O)Oc2ccc(C(=O)Nc3ccc(C)cc3C)cc2)ccc1OCc1ccccc1C.